The normalized spacial score (nSPS) is 8.00. The van der Waals surface area contributed by atoms with Crippen molar-refractivity contribution in [2.75, 3.05) is 19.0 Å². The van der Waals surface area contributed by atoms with Crippen LogP contribution in [0.3, 0.4) is 0 Å². The summed E-state index contributed by atoms with van der Waals surface area (Å²) in [5, 5.41) is 0. The van der Waals surface area contributed by atoms with Gasteiger partial charge in [0.1, 0.15) is 0 Å². The molecule has 0 saturated carbocycles. The smallest absolute Gasteiger partial charge is 0.0361 e. The van der Waals surface area contributed by atoms with Gasteiger partial charge in [-0.3, -0.25) is 0 Å². The standard InChI is InChI=1S/C11H13N.C2H6/c1-4-5-10-6-8-11(9-7-10)12(2)3;1-2/h5-9H,1H2,2-3H3;1-2H3. The van der Waals surface area contributed by atoms with Crippen molar-refractivity contribution in [1.82, 2.24) is 0 Å². The molecule has 76 valence electrons. The Hall–Kier alpha value is -1.46. The third kappa shape index (κ3) is 3.97. The molecule has 0 amide bonds. The number of hydrogen-bond donors (Lipinski definition) is 0. The van der Waals surface area contributed by atoms with E-state index in [2.05, 4.69) is 29.3 Å². The molecule has 1 aromatic rings. The third-order valence-electron chi connectivity index (χ3n) is 1.68. The fraction of sp³-hybridized carbons (Fsp3) is 0.308. The number of hydrogen-bond acceptors (Lipinski definition) is 1. The first-order valence-electron chi connectivity index (χ1n) is 4.87. The van der Waals surface area contributed by atoms with E-state index in [1.165, 1.54) is 5.69 Å². The van der Waals surface area contributed by atoms with Gasteiger partial charge in [-0.25, -0.2) is 0 Å². The average Bonchev–Trinajstić information content (AvgIpc) is 2.22. The first-order valence-corrected chi connectivity index (χ1v) is 4.87. The minimum Gasteiger partial charge on any atom is -0.378 e. The van der Waals surface area contributed by atoms with E-state index >= 15 is 0 Å². The van der Waals surface area contributed by atoms with Crippen LogP contribution in [0, 0.1) is 0 Å². The molecule has 0 unspecified atom stereocenters. The van der Waals surface area contributed by atoms with E-state index in [-0.39, 0.29) is 0 Å². The summed E-state index contributed by atoms with van der Waals surface area (Å²) >= 11 is 0. The Morgan fingerprint density at radius 1 is 1.14 bits per heavy atom. The summed E-state index contributed by atoms with van der Waals surface area (Å²) in [6.07, 6.45) is 1.86. The van der Waals surface area contributed by atoms with Crippen LogP contribution in [0.4, 0.5) is 5.69 Å². The quantitative estimate of drug-likeness (QED) is 0.643. The molecule has 0 atom stereocenters. The molecule has 0 spiro atoms. The van der Waals surface area contributed by atoms with Crippen LogP contribution in [0.1, 0.15) is 19.4 Å². The molecule has 14 heavy (non-hydrogen) atoms. The van der Waals surface area contributed by atoms with Gasteiger partial charge in [-0.05, 0) is 23.8 Å². The van der Waals surface area contributed by atoms with Gasteiger partial charge < -0.3 is 4.90 Å². The van der Waals surface area contributed by atoms with Gasteiger partial charge in [-0.1, -0.05) is 32.6 Å². The molecule has 0 heterocycles. The van der Waals surface area contributed by atoms with Crippen LogP contribution in [0.5, 0.6) is 0 Å². The largest absolute Gasteiger partial charge is 0.378 e. The molecule has 0 aliphatic carbocycles. The van der Waals surface area contributed by atoms with Gasteiger partial charge in [0.2, 0.25) is 0 Å². The molecule has 1 aromatic carbocycles. The van der Waals surface area contributed by atoms with Gasteiger partial charge in [-0.2, -0.15) is 0 Å². The predicted molar refractivity (Wildman–Crippen MR) is 65.7 cm³/mol. The second-order valence-corrected chi connectivity index (χ2v) is 2.83. The number of nitrogens with zero attached hydrogens (tertiary/aromatic N) is 1. The molecule has 1 rings (SSSR count). The zero-order chi connectivity index (χ0) is 11.0. The van der Waals surface area contributed by atoms with E-state index < -0.39 is 0 Å². The van der Waals surface area contributed by atoms with E-state index in [0.717, 1.165) is 5.56 Å². The van der Waals surface area contributed by atoms with Gasteiger partial charge >= 0.3 is 0 Å². The second kappa shape index (κ2) is 6.99. The van der Waals surface area contributed by atoms with Crippen molar-refractivity contribution in [3.05, 3.63) is 42.1 Å². The first-order chi connectivity index (χ1) is 6.74. The van der Waals surface area contributed by atoms with Gasteiger partial charge in [-0.15, -0.1) is 5.73 Å². The summed E-state index contributed by atoms with van der Waals surface area (Å²) in [5.41, 5.74) is 5.08. The topological polar surface area (TPSA) is 3.24 Å². The van der Waals surface area contributed by atoms with Crippen LogP contribution in [0.25, 0.3) is 6.08 Å². The summed E-state index contributed by atoms with van der Waals surface area (Å²) in [6, 6.07) is 8.24. The highest BCUT2D eigenvalue weighted by Crippen LogP contribution is 2.12. The maximum absolute atomic E-state index is 3.52. The van der Waals surface area contributed by atoms with Crippen LogP contribution in [0.15, 0.2) is 36.6 Å². The van der Waals surface area contributed by atoms with Gasteiger partial charge in [0.05, 0.1) is 0 Å². The maximum Gasteiger partial charge on any atom is 0.0361 e. The zero-order valence-corrected chi connectivity index (χ0v) is 9.54. The van der Waals surface area contributed by atoms with E-state index in [9.17, 15) is 0 Å². The minimum absolute atomic E-state index is 1.13. The lowest BCUT2D eigenvalue weighted by Gasteiger charge is -2.11. The van der Waals surface area contributed by atoms with Crippen LogP contribution in [-0.4, -0.2) is 14.1 Å². The Labute approximate surface area is 87.4 Å². The average molecular weight is 189 g/mol. The third-order valence-corrected chi connectivity index (χ3v) is 1.68. The monoisotopic (exact) mass is 189 g/mol. The summed E-state index contributed by atoms with van der Waals surface area (Å²) in [5.74, 6) is 0. The summed E-state index contributed by atoms with van der Waals surface area (Å²) < 4.78 is 0. The second-order valence-electron chi connectivity index (χ2n) is 2.83. The van der Waals surface area contributed by atoms with Crippen molar-refractivity contribution in [3.63, 3.8) is 0 Å². The van der Waals surface area contributed by atoms with Crippen molar-refractivity contribution >= 4 is 11.8 Å². The molecule has 1 nitrogen and oxygen atoms in total. The first kappa shape index (κ1) is 12.5. The molecule has 0 aliphatic rings. The molecule has 1 heteroatoms. The maximum atomic E-state index is 3.52. The molecule has 0 N–H and O–H groups in total. The van der Waals surface area contributed by atoms with Gasteiger partial charge in [0.25, 0.3) is 0 Å². The van der Waals surface area contributed by atoms with Crippen LogP contribution in [-0.2, 0) is 0 Å². The molecule has 0 aromatic heterocycles. The molecule has 0 radical (unpaired) electrons. The van der Waals surface area contributed by atoms with Crippen molar-refractivity contribution in [1.29, 1.82) is 0 Å². The highest BCUT2D eigenvalue weighted by Gasteiger charge is 1.92. The zero-order valence-electron chi connectivity index (χ0n) is 9.54. The molecular formula is C13H19N. The van der Waals surface area contributed by atoms with Crippen molar-refractivity contribution in [3.8, 4) is 0 Å². The number of anilines is 1. The Bertz CT molecular complexity index is 290. The molecule has 0 saturated heterocycles. The van der Waals surface area contributed by atoms with Crippen LogP contribution >= 0.6 is 0 Å². The fourth-order valence-electron chi connectivity index (χ4n) is 0.987. The molecular weight excluding hydrogens is 170 g/mol. The lowest BCUT2D eigenvalue weighted by atomic mass is 10.2. The Morgan fingerprint density at radius 2 is 1.64 bits per heavy atom. The number of benzene rings is 1. The summed E-state index contributed by atoms with van der Waals surface area (Å²) in [6.45, 7) is 7.52. The van der Waals surface area contributed by atoms with Crippen LogP contribution in [0.2, 0.25) is 0 Å². The van der Waals surface area contributed by atoms with Crippen molar-refractivity contribution in [2.45, 2.75) is 13.8 Å². The Balaban J connectivity index is 0.000000791. The van der Waals surface area contributed by atoms with Crippen molar-refractivity contribution < 1.29 is 0 Å². The van der Waals surface area contributed by atoms with Crippen molar-refractivity contribution in [2.24, 2.45) is 0 Å². The number of rotatable bonds is 2. The van der Waals surface area contributed by atoms with E-state index in [1.807, 2.05) is 46.2 Å². The van der Waals surface area contributed by atoms with E-state index in [1.54, 1.807) is 0 Å². The highest BCUT2D eigenvalue weighted by atomic mass is 15.1. The predicted octanol–water partition coefficient (Wildman–Crippen LogP) is 3.58. The lowest BCUT2D eigenvalue weighted by molar-refractivity contribution is 1.13. The molecule has 0 fully saturated rings. The van der Waals surface area contributed by atoms with Gasteiger partial charge in [0, 0.05) is 19.8 Å². The lowest BCUT2D eigenvalue weighted by Crippen LogP contribution is -2.07. The Morgan fingerprint density at radius 3 is 2.00 bits per heavy atom. The van der Waals surface area contributed by atoms with Gasteiger partial charge in [0.15, 0.2) is 0 Å². The summed E-state index contributed by atoms with van der Waals surface area (Å²) in [4.78, 5) is 2.07. The van der Waals surface area contributed by atoms with E-state index in [4.69, 9.17) is 0 Å². The van der Waals surface area contributed by atoms with Crippen LogP contribution < -0.4 is 4.90 Å². The Kier molecular flexibility index (Phi) is 6.26. The fourth-order valence-corrected chi connectivity index (χ4v) is 0.987. The molecule has 0 aliphatic heterocycles. The van der Waals surface area contributed by atoms with E-state index in [0.29, 0.717) is 0 Å². The molecule has 0 bridgehead atoms. The SMILES string of the molecule is C=C=Cc1ccc(N(C)C)cc1.CC. The summed E-state index contributed by atoms with van der Waals surface area (Å²) in [7, 11) is 4.05. The highest BCUT2D eigenvalue weighted by molar-refractivity contribution is 5.54. The minimum atomic E-state index is 1.13.